The minimum atomic E-state index is 0.889. The molecule has 0 N–H and O–H groups in total. The Morgan fingerprint density at radius 3 is 1.89 bits per heavy atom. The zero-order valence-electron chi connectivity index (χ0n) is 29.8. The van der Waals surface area contributed by atoms with Gasteiger partial charge in [-0.25, -0.2) is 0 Å². The number of rotatable bonds is 6. The van der Waals surface area contributed by atoms with Gasteiger partial charge in [0.05, 0.1) is 11.4 Å². The average Bonchev–Trinajstić information content (AvgIpc) is 3.82. The molecule has 0 fully saturated rings. The minimum Gasteiger partial charge on any atom is -0.456 e. The van der Waals surface area contributed by atoms with Gasteiger partial charge in [0.2, 0.25) is 0 Å². The molecule has 0 saturated heterocycles. The van der Waals surface area contributed by atoms with Crippen molar-refractivity contribution in [3.63, 3.8) is 0 Å². The van der Waals surface area contributed by atoms with E-state index in [0.29, 0.717) is 0 Å². The molecular formula is C52H33NOS. The Hall–Kier alpha value is -6.94. The summed E-state index contributed by atoms with van der Waals surface area (Å²) in [7, 11) is 0. The van der Waals surface area contributed by atoms with E-state index in [4.69, 9.17) is 4.42 Å². The molecule has 11 aromatic rings. The van der Waals surface area contributed by atoms with Crippen molar-refractivity contribution in [3.8, 4) is 33.4 Å². The summed E-state index contributed by atoms with van der Waals surface area (Å²) >= 11 is 1.85. The molecule has 3 heteroatoms. The summed E-state index contributed by atoms with van der Waals surface area (Å²) in [6, 6.07) is 72.3. The lowest BCUT2D eigenvalue weighted by molar-refractivity contribution is 0.669. The summed E-state index contributed by atoms with van der Waals surface area (Å²) in [4.78, 5) is 2.45. The van der Waals surface area contributed by atoms with Crippen molar-refractivity contribution in [1.82, 2.24) is 0 Å². The lowest BCUT2D eigenvalue weighted by atomic mass is 9.97. The van der Waals surface area contributed by atoms with Crippen molar-refractivity contribution in [1.29, 1.82) is 0 Å². The molecule has 0 saturated carbocycles. The summed E-state index contributed by atoms with van der Waals surface area (Å²) < 4.78 is 8.94. The van der Waals surface area contributed by atoms with Crippen LogP contribution in [0.4, 0.5) is 17.1 Å². The first-order valence-corrected chi connectivity index (χ1v) is 19.5. The number of hydrogen-bond donors (Lipinski definition) is 0. The maximum Gasteiger partial charge on any atom is 0.136 e. The lowest BCUT2D eigenvalue weighted by Crippen LogP contribution is -2.11. The number of anilines is 3. The maximum atomic E-state index is 6.39. The Balaban J connectivity index is 1.07. The van der Waals surface area contributed by atoms with E-state index in [-0.39, 0.29) is 0 Å². The monoisotopic (exact) mass is 719 g/mol. The predicted molar refractivity (Wildman–Crippen MR) is 235 cm³/mol. The largest absolute Gasteiger partial charge is 0.456 e. The van der Waals surface area contributed by atoms with Crippen molar-refractivity contribution in [3.05, 3.63) is 200 Å². The van der Waals surface area contributed by atoms with Crippen LogP contribution in [-0.2, 0) is 0 Å². The van der Waals surface area contributed by atoms with Gasteiger partial charge in [0.15, 0.2) is 0 Å². The van der Waals surface area contributed by atoms with Crippen molar-refractivity contribution in [2.45, 2.75) is 0 Å². The molecule has 2 aromatic heterocycles. The Bertz CT molecular complexity index is 3220. The molecule has 55 heavy (non-hydrogen) atoms. The standard InChI is InChI=1S/C52H33NOS/c1-2-12-37-31-39(28-27-34(37)11-1)36-25-23-35(24-26-36)38-13-9-14-41(32-38)53(47-19-10-22-51-52(47)45-17-5-8-21-50(45)55-51)46-18-6-3-15-42(46)40-29-30-44-43-16-4-7-20-48(43)54-49(44)33-40/h1-33H. The van der Waals surface area contributed by atoms with Crippen LogP contribution in [0.25, 0.3) is 86.3 Å². The van der Waals surface area contributed by atoms with Gasteiger partial charge in [0.1, 0.15) is 11.2 Å². The van der Waals surface area contributed by atoms with Gasteiger partial charge in [0, 0.05) is 42.2 Å². The van der Waals surface area contributed by atoms with Crippen LogP contribution in [0.5, 0.6) is 0 Å². The van der Waals surface area contributed by atoms with Crippen molar-refractivity contribution < 1.29 is 4.42 Å². The normalized spacial score (nSPS) is 11.6. The first-order chi connectivity index (χ1) is 27.2. The molecule has 0 aliphatic rings. The summed E-state index contributed by atoms with van der Waals surface area (Å²) in [6.07, 6.45) is 0. The predicted octanol–water partition coefficient (Wildman–Crippen LogP) is 15.6. The number of hydrogen-bond acceptors (Lipinski definition) is 3. The number of fused-ring (bicyclic) bond motifs is 7. The Kier molecular flexibility index (Phi) is 7.39. The molecule has 9 aromatic carbocycles. The fourth-order valence-corrected chi connectivity index (χ4v) is 9.33. The van der Waals surface area contributed by atoms with Gasteiger partial charge in [-0.15, -0.1) is 11.3 Å². The van der Waals surface area contributed by atoms with Gasteiger partial charge in [-0.05, 0) is 99.3 Å². The molecule has 0 unspecified atom stereocenters. The highest BCUT2D eigenvalue weighted by Gasteiger charge is 2.22. The topological polar surface area (TPSA) is 16.4 Å². The second-order valence-electron chi connectivity index (χ2n) is 14.1. The van der Waals surface area contributed by atoms with E-state index in [9.17, 15) is 0 Å². The molecule has 0 radical (unpaired) electrons. The van der Waals surface area contributed by atoms with Crippen LogP contribution in [-0.4, -0.2) is 0 Å². The lowest BCUT2D eigenvalue weighted by Gasteiger charge is -2.29. The second-order valence-corrected chi connectivity index (χ2v) is 15.2. The SMILES string of the molecule is c1cc(-c2ccc(-c3ccc4ccccc4c3)cc2)cc(N(c2ccccc2-c2ccc3c(c2)oc2ccccc23)c2cccc3sc4ccccc4c23)c1. The Morgan fingerprint density at radius 2 is 1.00 bits per heavy atom. The summed E-state index contributed by atoms with van der Waals surface area (Å²) in [5, 5.41) is 7.30. The van der Waals surface area contributed by atoms with Gasteiger partial charge in [-0.3, -0.25) is 0 Å². The van der Waals surface area contributed by atoms with Crippen LogP contribution in [0.1, 0.15) is 0 Å². The quantitative estimate of drug-likeness (QED) is 0.170. The fourth-order valence-electron chi connectivity index (χ4n) is 8.20. The van der Waals surface area contributed by atoms with E-state index in [0.717, 1.165) is 55.7 Å². The van der Waals surface area contributed by atoms with Crippen LogP contribution in [0.15, 0.2) is 205 Å². The molecule has 258 valence electrons. The molecule has 0 amide bonds. The minimum absolute atomic E-state index is 0.889. The molecular weight excluding hydrogens is 687 g/mol. The molecule has 2 heterocycles. The Labute approximate surface area is 322 Å². The third kappa shape index (κ3) is 5.40. The first-order valence-electron chi connectivity index (χ1n) is 18.7. The maximum absolute atomic E-state index is 6.39. The van der Waals surface area contributed by atoms with Gasteiger partial charge in [-0.1, -0.05) is 140 Å². The third-order valence-electron chi connectivity index (χ3n) is 10.9. The number of nitrogens with zero attached hydrogens (tertiary/aromatic N) is 1. The van der Waals surface area contributed by atoms with Crippen molar-refractivity contribution in [2.24, 2.45) is 0 Å². The third-order valence-corrected chi connectivity index (χ3v) is 12.0. The van der Waals surface area contributed by atoms with Gasteiger partial charge >= 0.3 is 0 Å². The highest BCUT2D eigenvalue weighted by atomic mass is 32.1. The van der Waals surface area contributed by atoms with E-state index in [2.05, 4.69) is 193 Å². The highest BCUT2D eigenvalue weighted by Crippen LogP contribution is 2.48. The molecule has 2 nitrogen and oxygen atoms in total. The van der Waals surface area contributed by atoms with E-state index in [1.807, 2.05) is 23.5 Å². The van der Waals surface area contributed by atoms with Crippen LogP contribution < -0.4 is 4.90 Å². The first kappa shape index (κ1) is 31.6. The summed E-state index contributed by atoms with van der Waals surface area (Å²) in [5.74, 6) is 0. The second kappa shape index (κ2) is 12.9. The number of benzene rings is 9. The van der Waals surface area contributed by atoms with Gasteiger partial charge in [-0.2, -0.15) is 0 Å². The van der Waals surface area contributed by atoms with Crippen LogP contribution in [0, 0.1) is 0 Å². The fraction of sp³-hybridized carbons (Fsp3) is 0. The van der Waals surface area contributed by atoms with Gasteiger partial charge in [0.25, 0.3) is 0 Å². The zero-order valence-corrected chi connectivity index (χ0v) is 30.6. The van der Waals surface area contributed by atoms with Gasteiger partial charge < -0.3 is 9.32 Å². The number of para-hydroxylation sites is 2. The summed E-state index contributed by atoms with van der Waals surface area (Å²) in [6.45, 7) is 0. The van der Waals surface area contributed by atoms with E-state index >= 15 is 0 Å². The van der Waals surface area contributed by atoms with Crippen molar-refractivity contribution in [2.75, 3.05) is 4.90 Å². The van der Waals surface area contributed by atoms with Crippen molar-refractivity contribution >= 4 is 81.3 Å². The Morgan fingerprint density at radius 1 is 0.364 bits per heavy atom. The smallest absolute Gasteiger partial charge is 0.136 e. The molecule has 0 aliphatic carbocycles. The summed E-state index contributed by atoms with van der Waals surface area (Å²) in [5.41, 5.74) is 12.1. The van der Waals surface area contributed by atoms with E-state index in [1.54, 1.807) is 0 Å². The number of thiophene rings is 1. The molecule has 11 rings (SSSR count). The van der Waals surface area contributed by atoms with Crippen LogP contribution in [0.2, 0.25) is 0 Å². The molecule has 0 atom stereocenters. The molecule has 0 bridgehead atoms. The average molecular weight is 720 g/mol. The van der Waals surface area contributed by atoms with E-state index < -0.39 is 0 Å². The van der Waals surface area contributed by atoms with Crippen LogP contribution in [0.3, 0.4) is 0 Å². The number of furan rings is 1. The molecule has 0 aliphatic heterocycles. The molecule has 0 spiro atoms. The van der Waals surface area contributed by atoms with Crippen LogP contribution >= 0.6 is 11.3 Å². The highest BCUT2D eigenvalue weighted by molar-refractivity contribution is 7.26. The zero-order chi connectivity index (χ0) is 36.3. The van der Waals surface area contributed by atoms with E-state index in [1.165, 1.54) is 47.6 Å².